The van der Waals surface area contributed by atoms with E-state index in [1.807, 2.05) is 12.2 Å². The monoisotopic (exact) mass is 1180 g/mol. The van der Waals surface area contributed by atoms with Gasteiger partial charge in [0.15, 0.2) is 24.6 Å². The van der Waals surface area contributed by atoms with E-state index in [0.29, 0.717) is 25.7 Å². The van der Waals surface area contributed by atoms with Crippen LogP contribution in [0.3, 0.4) is 0 Å². The molecule has 1 fully saturated rings. The van der Waals surface area contributed by atoms with Crippen LogP contribution in [0, 0.1) is 0 Å². The number of carboxylic acid groups (broad SMARTS) is 1. The van der Waals surface area contributed by atoms with Crippen LogP contribution >= 0.6 is 0 Å². The van der Waals surface area contributed by atoms with Gasteiger partial charge in [0.25, 0.3) is 0 Å². The molecule has 3 N–H and O–H groups in total. The van der Waals surface area contributed by atoms with Crippen LogP contribution in [-0.2, 0) is 42.9 Å². The minimum Gasteiger partial charge on any atom is -0.479 e. The normalized spacial score (nSPS) is 18.7. The fourth-order valence-corrected chi connectivity index (χ4v) is 8.22. The molecule has 0 aromatic rings. The van der Waals surface area contributed by atoms with Crippen LogP contribution in [0.2, 0.25) is 0 Å². The number of aliphatic hydroxyl groups is 2. The summed E-state index contributed by atoms with van der Waals surface area (Å²) in [5.74, 6) is -3.32. The number of carboxylic acids is 1. The van der Waals surface area contributed by atoms with Gasteiger partial charge in [-0.1, -0.05) is 216 Å². The highest BCUT2D eigenvalue weighted by Crippen LogP contribution is 2.26. The molecule has 12 heteroatoms. The predicted octanol–water partition coefficient (Wildman–Crippen LogP) is 17.2. The SMILES string of the molecule is CC/C=C\C/C=C\C/C=C\C/C=C\C/C=C\CCCCCC(=O)OCC(COC1OC(C(=O)O)C(O)C(O)C1OC(=O)CCCCC/C=C\C/C=C\C/C=C\C/C=C\C/C=C\CC)OC(=O)CCC/C=C\C/C=C\C/C=C\C/C=C\C/C=C\CC. The first kappa shape index (κ1) is 76.8. The lowest BCUT2D eigenvalue weighted by Crippen LogP contribution is -2.61. The van der Waals surface area contributed by atoms with Crippen molar-refractivity contribution < 1.29 is 58.2 Å². The molecule has 0 radical (unpaired) electrons. The van der Waals surface area contributed by atoms with Crippen molar-refractivity contribution in [2.45, 2.75) is 237 Å². The number of aliphatic carboxylic acids is 1. The first-order valence-electron chi connectivity index (χ1n) is 31.8. The van der Waals surface area contributed by atoms with Gasteiger partial charge in [-0.3, -0.25) is 14.4 Å². The van der Waals surface area contributed by atoms with Crippen LogP contribution in [0.5, 0.6) is 0 Å². The van der Waals surface area contributed by atoms with Crippen molar-refractivity contribution in [2.24, 2.45) is 0 Å². The summed E-state index contributed by atoms with van der Waals surface area (Å²) in [5, 5.41) is 31.6. The van der Waals surface area contributed by atoms with E-state index < -0.39 is 67.3 Å². The summed E-state index contributed by atoms with van der Waals surface area (Å²) in [6.45, 7) is 5.55. The molecule has 472 valence electrons. The van der Waals surface area contributed by atoms with Crippen LogP contribution in [0.1, 0.15) is 201 Å². The fourth-order valence-electron chi connectivity index (χ4n) is 8.22. The number of carbonyl (C=O) groups excluding carboxylic acids is 3. The maximum absolute atomic E-state index is 13.2. The van der Waals surface area contributed by atoms with Crippen LogP contribution in [0.4, 0.5) is 0 Å². The lowest BCUT2D eigenvalue weighted by Gasteiger charge is -2.40. The Bertz CT molecular complexity index is 2180. The summed E-state index contributed by atoms with van der Waals surface area (Å²) < 4.78 is 28.4. The van der Waals surface area contributed by atoms with E-state index in [9.17, 15) is 34.5 Å². The number of esters is 3. The second-order valence-corrected chi connectivity index (χ2v) is 20.5. The maximum Gasteiger partial charge on any atom is 0.335 e. The van der Waals surface area contributed by atoms with Gasteiger partial charge in [-0.25, -0.2) is 4.79 Å². The topological polar surface area (TPSA) is 175 Å². The Morgan fingerprint density at radius 1 is 0.388 bits per heavy atom. The Labute approximate surface area is 512 Å². The van der Waals surface area contributed by atoms with E-state index in [0.717, 1.165) is 135 Å². The Morgan fingerprint density at radius 2 is 0.718 bits per heavy atom. The van der Waals surface area contributed by atoms with Crippen molar-refractivity contribution in [3.8, 4) is 0 Å². The third-order valence-corrected chi connectivity index (χ3v) is 13.0. The van der Waals surface area contributed by atoms with E-state index in [4.69, 9.17) is 23.7 Å². The second kappa shape index (κ2) is 58.2. The molecule has 1 heterocycles. The summed E-state index contributed by atoms with van der Waals surface area (Å²) in [6, 6.07) is 0. The van der Waals surface area contributed by atoms with Crippen LogP contribution in [0.25, 0.3) is 0 Å². The molecule has 85 heavy (non-hydrogen) atoms. The highest BCUT2D eigenvalue weighted by atomic mass is 16.7. The van der Waals surface area contributed by atoms with Crippen LogP contribution in [-0.4, -0.2) is 89.2 Å². The molecule has 0 aromatic heterocycles. The number of carbonyl (C=O) groups is 4. The van der Waals surface area contributed by atoms with E-state index in [1.165, 1.54) is 0 Å². The number of rotatable bonds is 51. The summed E-state index contributed by atoms with van der Waals surface area (Å²) in [7, 11) is 0. The lowest BCUT2D eigenvalue weighted by molar-refractivity contribution is -0.301. The molecule has 0 aromatic carbocycles. The van der Waals surface area contributed by atoms with Gasteiger partial charge in [-0.15, -0.1) is 0 Å². The standard InChI is InChI=1S/C73H108O12/c1-4-7-10-13-16-19-22-25-28-31-33-36-38-41-44-47-50-53-56-59-65(74)81-62-64(83-66(75)60-57-54-51-48-45-42-39-35-30-27-24-21-18-15-12-9-6-3)63-82-73-71(69(78)68(77)70(85-73)72(79)80)84-67(76)61-58-55-52-49-46-43-40-37-34-32-29-26-23-20-17-14-11-8-5-2/h7-12,16-21,25-30,33-34,36-37,39,41-44,46,48,51,64,68-71,73,77-78H,4-6,13-15,22-24,31-32,35,38,40,45,47,49-50,52-63H2,1-3H3,(H,79,80)/b10-7-,11-8-,12-9-,19-16-,20-17-,21-18-,28-25-,29-26-,30-27-,36-33-,37-34-,42-39-,44-41-,46-43-,51-48-. The third kappa shape index (κ3) is 47.7. The van der Waals surface area contributed by atoms with Gasteiger partial charge in [0, 0.05) is 19.3 Å². The second-order valence-electron chi connectivity index (χ2n) is 20.5. The minimum absolute atomic E-state index is 0.000740. The third-order valence-electron chi connectivity index (χ3n) is 13.0. The lowest BCUT2D eigenvalue weighted by atomic mass is 9.98. The average molecular weight is 1180 g/mol. The highest BCUT2D eigenvalue weighted by molar-refractivity contribution is 5.74. The molecular weight excluding hydrogens is 1070 g/mol. The number of aliphatic hydroxyl groups excluding tert-OH is 2. The molecule has 12 nitrogen and oxygen atoms in total. The first-order chi connectivity index (χ1) is 41.6. The first-order valence-corrected chi connectivity index (χ1v) is 31.8. The molecule has 0 spiro atoms. The van der Waals surface area contributed by atoms with E-state index in [-0.39, 0.29) is 25.9 Å². The van der Waals surface area contributed by atoms with Gasteiger partial charge in [-0.05, 0) is 148 Å². The van der Waals surface area contributed by atoms with Crippen LogP contribution in [0.15, 0.2) is 182 Å². The Kier molecular flexibility index (Phi) is 52.6. The molecule has 6 atom stereocenters. The van der Waals surface area contributed by atoms with Crippen molar-refractivity contribution in [3.05, 3.63) is 182 Å². The van der Waals surface area contributed by atoms with Crippen molar-refractivity contribution in [2.75, 3.05) is 13.2 Å². The molecular formula is C73H108O12. The summed E-state index contributed by atoms with van der Waals surface area (Å²) in [6.07, 6.45) is 75.7. The zero-order chi connectivity index (χ0) is 61.7. The Morgan fingerprint density at radius 3 is 1.08 bits per heavy atom. The molecule has 1 saturated heterocycles. The zero-order valence-electron chi connectivity index (χ0n) is 52.0. The highest BCUT2D eigenvalue weighted by Gasteiger charge is 2.50. The summed E-state index contributed by atoms with van der Waals surface area (Å²) in [5.41, 5.74) is 0. The molecule has 0 bridgehead atoms. The van der Waals surface area contributed by atoms with Gasteiger partial charge in [0.2, 0.25) is 0 Å². The Balaban J connectivity index is 2.77. The maximum atomic E-state index is 13.2. The molecule has 6 unspecified atom stereocenters. The number of ether oxygens (including phenoxy) is 5. The molecule has 1 aliphatic rings. The number of hydrogen-bond donors (Lipinski definition) is 3. The quantitative estimate of drug-likeness (QED) is 0.0228. The number of unbranched alkanes of at least 4 members (excludes halogenated alkanes) is 7. The van der Waals surface area contributed by atoms with Crippen molar-refractivity contribution in [1.82, 2.24) is 0 Å². The summed E-state index contributed by atoms with van der Waals surface area (Å²) >= 11 is 0. The fraction of sp³-hybridized carbons (Fsp3) is 0.534. The smallest absolute Gasteiger partial charge is 0.335 e. The molecule has 0 amide bonds. The van der Waals surface area contributed by atoms with Gasteiger partial charge >= 0.3 is 23.9 Å². The van der Waals surface area contributed by atoms with Crippen molar-refractivity contribution in [1.29, 1.82) is 0 Å². The van der Waals surface area contributed by atoms with Gasteiger partial charge < -0.3 is 39.0 Å². The van der Waals surface area contributed by atoms with Crippen molar-refractivity contribution in [3.63, 3.8) is 0 Å². The number of hydrogen-bond acceptors (Lipinski definition) is 11. The average Bonchev–Trinajstić information content (AvgIpc) is 3.51. The van der Waals surface area contributed by atoms with E-state index >= 15 is 0 Å². The van der Waals surface area contributed by atoms with Gasteiger partial charge in [0.1, 0.15) is 18.8 Å². The predicted molar refractivity (Wildman–Crippen MR) is 348 cm³/mol. The minimum atomic E-state index is -1.94. The largest absolute Gasteiger partial charge is 0.479 e. The zero-order valence-corrected chi connectivity index (χ0v) is 52.0. The van der Waals surface area contributed by atoms with Gasteiger partial charge in [-0.2, -0.15) is 0 Å². The Hall–Kier alpha value is -6.18. The van der Waals surface area contributed by atoms with Gasteiger partial charge in [0.05, 0.1) is 6.61 Å². The van der Waals surface area contributed by atoms with Crippen molar-refractivity contribution >= 4 is 23.9 Å². The molecule has 0 saturated carbocycles. The number of allylic oxidation sites excluding steroid dienone is 30. The molecule has 1 aliphatic heterocycles. The van der Waals surface area contributed by atoms with E-state index in [1.54, 1.807) is 0 Å². The molecule has 0 aliphatic carbocycles. The summed E-state index contributed by atoms with van der Waals surface area (Å²) in [4.78, 5) is 51.3. The van der Waals surface area contributed by atoms with Crippen LogP contribution < -0.4 is 0 Å². The molecule has 1 rings (SSSR count). The van der Waals surface area contributed by atoms with E-state index in [2.05, 4.69) is 191 Å².